The second-order valence-electron chi connectivity index (χ2n) is 5.58. The van der Waals surface area contributed by atoms with Crippen LogP contribution in [-0.4, -0.2) is 51.5 Å². The van der Waals surface area contributed by atoms with Crippen LogP contribution in [0.1, 0.15) is 12.8 Å². The molecule has 2 rings (SSSR count). The van der Waals surface area contributed by atoms with Gasteiger partial charge in [0.2, 0.25) is 0 Å². The van der Waals surface area contributed by atoms with Crippen LogP contribution < -0.4 is 15.7 Å². The van der Waals surface area contributed by atoms with Gasteiger partial charge >= 0.3 is 0 Å². The molecule has 0 bridgehead atoms. The maximum Gasteiger partial charge on any atom is 0.265 e. The van der Waals surface area contributed by atoms with E-state index in [0.29, 0.717) is 13.1 Å². The van der Waals surface area contributed by atoms with Crippen molar-refractivity contribution < 1.29 is 18.4 Å². The molecule has 0 aromatic heterocycles. The van der Waals surface area contributed by atoms with E-state index in [0.717, 1.165) is 5.69 Å². The predicted molar refractivity (Wildman–Crippen MR) is 82.7 cm³/mol. The number of amides is 1. The SMILES string of the molecule is CN(C)c1ccc(S(=O)(=O)C2(C(=O)NO)CCNCC2)cc1. The highest BCUT2D eigenvalue weighted by Crippen LogP contribution is 2.34. The van der Waals surface area contributed by atoms with E-state index in [1.807, 2.05) is 19.0 Å². The van der Waals surface area contributed by atoms with Crippen LogP contribution in [0.5, 0.6) is 0 Å². The first-order valence-electron chi connectivity index (χ1n) is 7.02. The van der Waals surface area contributed by atoms with E-state index in [1.54, 1.807) is 12.1 Å². The van der Waals surface area contributed by atoms with Crippen LogP contribution in [0, 0.1) is 0 Å². The summed E-state index contributed by atoms with van der Waals surface area (Å²) in [5.41, 5.74) is 2.39. The first-order chi connectivity index (χ1) is 10.3. The average Bonchev–Trinajstić information content (AvgIpc) is 2.54. The van der Waals surface area contributed by atoms with Gasteiger partial charge in [0.15, 0.2) is 14.6 Å². The molecule has 0 saturated carbocycles. The predicted octanol–water partition coefficient (Wildman–Crippen LogP) is 0.154. The first-order valence-corrected chi connectivity index (χ1v) is 8.51. The van der Waals surface area contributed by atoms with Gasteiger partial charge in [0, 0.05) is 19.8 Å². The van der Waals surface area contributed by atoms with Crippen molar-refractivity contribution in [2.45, 2.75) is 22.5 Å². The van der Waals surface area contributed by atoms with Gasteiger partial charge in [0.1, 0.15) is 0 Å². The average molecular weight is 327 g/mol. The number of anilines is 1. The molecule has 1 heterocycles. The topological polar surface area (TPSA) is 98.7 Å². The minimum atomic E-state index is -3.91. The number of nitrogens with zero attached hydrogens (tertiary/aromatic N) is 1. The quantitative estimate of drug-likeness (QED) is 0.538. The van der Waals surface area contributed by atoms with E-state index in [-0.39, 0.29) is 17.7 Å². The fourth-order valence-electron chi connectivity index (χ4n) is 2.70. The van der Waals surface area contributed by atoms with Crippen molar-refractivity contribution in [1.29, 1.82) is 0 Å². The molecule has 0 radical (unpaired) electrons. The molecule has 0 spiro atoms. The van der Waals surface area contributed by atoms with Crippen molar-refractivity contribution in [3.63, 3.8) is 0 Å². The van der Waals surface area contributed by atoms with E-state index in [9.17, 15) is 13.2 Å². The van der Waals surface area contributed by atoms with Gasteiger partial charge in [-0.3, -0.25) is 10.0 Å². The lowest BCUT2D eigenvalue weighted by Gasteiger charge is -2.34. The summed E-state index contributed by atoms with van der Waals surface area (Å²) < 4.78 is 24.3. The van der Waals surface area contributed by atoms with Crippen LogP contribution in [-0.2, 0) is 14.6 Å². The summed E-state index contributed by atoms with van der Waals surface area (Å²) >= 11 is 0. The molecule has 1 saturated heterocycles. The summed E-state index contributed by atoms with van der Waals surface area (Å²) in [5, 5.41) is 12.0. The Bertz CT molecular complexity index is 635. The Hall–Kier alpha value is -1.64. The lowest BCUT2D eigenvalue weighted by Crippen LogP contribution is -2.57. The number of piperidine rings is 1. The highest BCUT2D eigenvalue weighted by Gasteiger charge is 2.51. The third-order valence-electron chi connectivity index (χ3n) is 4.10. The third-order valence-corrected chi connectivity index (χ3v) is 6.62. The number of sulfone groups is 1. The van der Waals surface area contributed by atoms with Crippen LogP contribution in [0.25, 0.3) is 0 Å². The molecule has 8 heteroatoms. The Kier molecular flexibility index (Phi) is 4.74. The molecule has 122 valence electrons. The van der Waals surface area contributed by atoms with E-state index in [4.69, 9.17) is 5.21 Å². The van der Waals surface area contributed by atoms with Crippen LogP contribution >= 0.6 is 0 Å². The molecule has 0 atom stereocenters. The van der Waals surface area contributed by atoms with E-state index in [1.165, 1.54) is 17.6 Å². The largest absolute Gasteiger partial charge is 0.378 e. The van der Waals surface area contributed by atoms with Crippen molar-refractivity contribution in [2.75, 3.05) is 32.1 Å². The van der Waals surface area contributed by atoms with Gasteiger partial charge < -0.3 is 10.2 Å². The molecular weight excluding hydrogens is 306 g/mol. The van der Waals surface area contributed by atoms with Gasteiger partial charge in [-0.25, -0.2) is 13.9 Å². The molecule has 1 aromatic rings. The fraction of sp³-hybridized carbons (Fsp3) is 0.500. The number of carbonyl (C=O) groups is 1. The van der Waals surface area contributed by atoms with Crippen molar-refractivity contribution >= 4 is 21.4 Å². The van der Waals surface area contributed by atoms with Gasteiger partial charge in [-0.2, -0.15) is 0 Å². The van der Waals surface area contributed by atoms with E-state index < -0.39 is 20.5 Å². The Labute approximate surface area is 130 Å². The van der Waals surface area contributed by atoms with Crippen molar-refractivity contribution in [3.05, 3.63) is 24.3 Å². The minimum Gasteiger partial charge on any atom is -0.378 e. The summed E-state index contributed by atoms with van der Waals surface area (Å²) in [7, 11) is -0.192. The lowest BCUT2D eigenvalue weighted by atomic mass is 9.96. The van der Waals surface area contributed by atoms with Crippen LogP contribution in [0.4, 0.5) is 5.69 Å². The monoisotopic (exact) mass is 327 g/mol. The summed E-state index contributed by atoms with van der Waals surface area (Å²) in [6, 6.07) is 6.38. The number of benzene rings is 1. The van der Waals surface area contributed by atoms with Crippen LogP contribution in [0.3, 0.4) is 0 Å². The highest BCUT2D eigenvalue weighted by molar-refractivity contribution is 7.93. The second kappa shape index (κ2) is 6.23. The number of hydrogen-bond acceptors (Lipinski definition) is 6. The molecule has 1 fully saturated rings. The Balaban J connectivity index is 2.47. The Morgan fingerprint density at radius 2 is 1.77 bits per heavy atom. The number of hydroxylamine groups is 1. The zero-order valence-corrected chi connectivity index (χ0v) is 13.5. The Morgan fingerprint density at radius 3 is 2.23 bits per heavy atom. The highest BCUT2D eigenvalue weighted by atomic mass is 32.2. The van der Waals surface area contributed by atoms with Gasteiger partial charge in [-0.05, 0) is 50.2 Å². The van der Waals surface area contributed by atoms with Crippen LogP contribution in [0.15, 0.2) is 29.2 Å². The molecule has 0 aliphatic carbocycles. The maximum atomic E-state index is 13.0. The molecule has 1 aliphatic rings. The van der Waals surface area contributed by atoms with Gasteiger partial charge in [0.05, 0.1) is 4.90 Å². The molecule has 0 unspecified atom stereocenters. The van der Waals surface area contributed by atoms with E-state index in [2.05, 4.69) is 5.32 Å². The lowest BCUT2D eigenvalue weighted by molar-refractivity contribution is -0.132. The standard InChI is InChI=1S/C14H21N3O4S/c1-17(2)11-3-5-12(6-4-11)22(20,21)14(13(18)16-19)7-9-15-10-8-14/h3-6,15,19H,7-10H2,1-2H3,(H,16,18). The summed E-state index contributed by atoms with van der Waals surface area (Å²) in [6.07, 6.45) is 0.244. The zero-order valence-electron chi connectivity index (χ0n) is 12.7. The number of nitrogens with one attached hydrogen (secondary N) is 2. The number of carbonyl (C=O) groups excluding carboxylic acids is 1. The van der Waals surface area contributed by atoms with E-state index >= 15 is 0 Å². The van der Waals surface area contributed by atoms with Crippen molar-refractivity contribution in [2.24, 2.45) is 0 Å². The minimum absolute atomic E-state index is 0.0867. The normalized spacial score (nSPS) is 17.8. The second-order valence-corrected chi connectivity index (χ2v) is 7.84. The summed E-state index contributed by atoms with van der Waals surface area (Å²) in [5.74, 6) is -0.870. The molecule has 22 heavy (non-hydrogen) atoms. The Morgan fingerprint density at radius 1 is 1.23 bits per heavy atom. The zero-order chi connectivity index (χ0) is 16.4. The van der Waals surface area contributed by atoms with Crippen molar-refractivity contribution in [1.82, 2.24) is 10.8 Å². The van der Waals surface area contributed by atoms with Crippen molar-refractivity contribution in [3.8, 4) is 0 Å². The van der Waals surface area contributed by atoms with Crippen LogP contribution in [0.2, 0.25) is 0 Å². The number of hydrogen-bond donors (Lipinski definition) is 3. The smallest absolute Gasteiger partial charge is 0.265 e. The molecule has 1 aromatic carbocycles. The van der Waals surface area contributed by atoms with Gasteiger partial charge in [-0.15, -0.1) is 0 Å². The maximum absolute atomic E-state index is 13.0. The number of rotatable bonds is 4. The first kappa shape index (κ1) is 16.7. The molecule has 1 aliphatic heterocycles. The molecule has 1 amide bonds. The summed E-state index contributed by atoms with van der Waals surface area (Å²) in [4.78, 5) is 14.1. The molecule has 7 nitrogen and oxygen atoms in total. The fourth-order valence-corrected chi connectivity index (χ4v) is 4.68. The van der Waals surface area contributed by atoms with Gasteiger partial charge in [-0.1, -0.05) is 0 Å². The molecular formula is C14H21N3O4S. The summed E-state index contributed by atoms with van der Waals surface area (Å²) in [6.45, 7) is 0.810. The van der Waals surface area contributed by atoms with Gasteiger partial charge in [0.25, 0.3) is 5.91 Å². The third kappa shape index (κ3) is 2.69. The molecule has 3 N–H and O–H groups in total.